The van der Waals surface area contributed by atoms with E-state index in [9.17, 15) is 9.18 Å². The van der Waals surface area contributed by atoms with Gasteiger partial charge in [0.25, 0.3) is 5.91 Å². The summed E-state index contributed by atoms with van der Waals surface area (Å²) in [6.07, 6.45) is 4.28. The number of carbonyl (C=O) groups excluding carboxylic acids is 1. The number of hydrogen-bond donors (Lipinski definition) is 1. The van der Waals surface area contributed by atoms with Gasteiger partial charge in [-0.1, -0.05) is 55.0 Å². The van der Waals surface area contributed by atoms with Crippen molar-refractivity contribution in [2.24, 2.45) is 17.8 Å². The number of nitrogens with zero attached hydrogens (tertiary/aromatic N) is 1. The van der Waals surface area contributed by atoms with Crippen molar-refractivity contribution in [2.45, 2.75) is 38.6 Å². The minimum Gasteiger partial charge on any atom is -0.475 e. The molecule has 1 N–H and O–H groups in total. The van der Waals surface area contributed by atoms with Gasteiger partial charge in [0.15, 0.2) is 0 Å². The number of hydrogen-bond acceptors (Lipinski definition) is 3. The van der Waals surface area contributed by atoms with E-state index in [-0.39, 0.29) is 5.91 Å². The van der Waals surface area contributed by atoms with Crippen molar-refractivity contribution in [2.75, 3.05) is 6.61 Å². The lowest BCUT2D eigenvalue weighted by atomic mass is 9.64. The second kappa shape index (κ2) is 8.62. The lowest BCUT2D eigenvalue weighted by molar-refractivity contribution is 0.0141. The quantitative estimate of drug-likeness (QED) is 0.500. The van der Waals surface area contributed by atoms with Crippen LogP contribution in [0.1, 0.15) is 42.1 Å². The molecule has 5 rings (SSSR count). The number of nitrogens with one attached hydrogen (secondary N) is 1. The molecule has 5 heteroatoms. The van der Waals surface area contributed by atoms with Gasteiger partial charge in [0.2, 0.25) is 5.88 Å². The highest BCUT2D eigenvalue weighted by Crippen LogP contribution is 2.56. The number of ether oxygens (including phenoxy) is 1. The van der Waals surface area contributed by atoms with Crippen LogP contribution < -0.4 is 10.1 Å². The minimum atomic E-state index is -0.444. The third kappa shape index (κ3) is 4.37. The summed E-state index contributed by atoms with van der Waals surface area (Å²) in [5, 5.41) is 3.39. The molecule has 33 heavy (non-hydrogen) atoms. The lowest BCUT2D eigenvalue weighted by Gasteiger charge is -2.50. The summed E-state index contributed by atoms with van der Waals surface area (Å²) in [7, 11) is 0. The average Bonchev–Trinajstić information content (AvgIpc) is 3.52. The number of rotatable bonds is 7. The van der Waals surface area contributed by atoms with Gasteiger partial charge < -0.3 is 10.1 Å². The molecule has 2 aliphatic rings. The van der Waals surface area contributed by atoms with Gasteiger partial charge in [0.1, 0.15) is 12.4 Å². The SMILES string of the molecule is Cc1ccc(-c2ccccc2)c(C(=O)NC2(COc3ccc(F)cn3)CC[C@H]2C2CC2C)c1. The molecule has 1 amide bonds. The number of pyridine rings is 1. The average molecular weight is 445 g/mol. The first-order chi connectivity index (χ1) is 15.9. The third-order valence-corrected chi connectivity index (χ3v) is 7.34. The normalized spacial score (nSPS) is 25.7. The molecular weight excluding hydrogens is 415 g/mol. The van der Waals surface area contributed by atoms with E-state index in [2.05, 4.69) is 17.2 Å². The van der Waals surface area contributed by atoms with Crippen LogP contribution in [0.2, 0.25) is 0 Å². The van der Waals surface area contributed by atoms with E-state index >= 15 is 0 Å². The Balaban J connectivity index is 1.42. The maximum Gasteiger partial charge on any atom is 0.252 e. The standard InChI is InChI=1S/C28H29FN2O2/c1-18-8-10-22(20-6-4-3-5-7-20)24(14-18)27(32)31-28(13-12-25(28)23-15-19(23)2)17-33-26-11-9-21(29)16-30-26/h3-11,14,16,19,23,25H,12-13,15,17H2,1-2H3,(H,31,32)/t19?,23?,25-,28?/m0/s1. The zero-order valence-electron chi connectivity index (χ0n) is 19.1. The summed E-state index contributed by atoms with van der Waals surface area (Å²) >= 11 is 0. The number of aryl methyl sites for hydroxylation is 1. The number of benzene rings is 2. The van der Waals surface area contributed by atoms with Crippen molar-refractivity contribution in [1.29, 1.82) is 0 Å². The Hall–Kier alpha value is -3.21. The van der Waals surface area contributed by atoms with Gasteiger partial charge in [-0.3, -0.25) is 4.79 Å². The highest BCUT2D eigenvalue weighted by atomic mass is 19.1. The Labute approximate surface area is 194 Å². The van der Waals surface area contributed by atoms with Crippen LogP contribution in [0.4, 0.5) is 4.39 Å². The van der Waals surface area contributed by atoms with Gasteiger partial charge in [0, 0.05) is 11.6 Å². The van der Waals surface area contributed by atoms with E-state index in [1.54, 1.807) is 0 Å². The summed E-state index contributed by atoms with van der Waals surface area (Å²) in [6, 6.07) is 18.9. The van der Waals surface area contributed by atoms with Crippen molar-refractivity contribution < 1.29 is 13.9 Å². The van der Waals surface area contributed by atoms with Gasteiger partial charge in [0.05, 0.1) is 11.7 Å². The van der Waals surface area contributed by atoms with Gasteiger partial charge in [-0.25, -0.2) is 9.37 Å². The zero-order valence-corrected chi connectivity index (χ0v) is 19.1. The summed E-state index contributed by atoms with van der Waals surface area (Å²) in [5.74, 6) is 1.56. The summed E-state index contributed by atoms with van der Waals surface area (Å²) in [4.78, 5) is 17.7. The Morgan fingerprint density at radius 3 is 2.61 bits per heavy atom. The molecule has 3 aromatic rings. The summed E-state index contributed by atoms with van der Waals surface area (Å²) in [6.45, 7) is 4.60. The van der Waals surface area contributed by atoms with Crippen LogP contribution in [0, 0.1) is 30.5 Å². The fourth-order valence-electron chi connectivity index (χ4n) is 5.22. The number of amides is 1. The molecule has 0 radical (unpaired) electrons. The van der Waals surface area contributed by atoms with Crippen LogP contribution in [-0.4, -0.2) is 23.0 Å². The van der Waals surface area contributed by atoms with E-state index < -0.39 is 11.4 Å². The minimum absolute atomic E-state index is 0.0776. The molecule has 4 nitrogen and oxygen atoms in total. The fourth-order valence-corrected chi connectivity index (χ4v) is 5.22. The van der Waals surface area contributed by atoms with Crippen molar-refractivity contribution in [3.8, 4) is 17.0 Å². The molecule has 0 bridgehead atoms. The Bertz CT molecular complexity index is 1150. The van der Waals surface area contributed by atoms with E-state index in [1.807, 2.05) is 55.5 Å². The molecule has 1 aromatic heterocycles. The first-order valence-corrected chi connectivity index (χ1v) is 11.7. The number of aromatic nitrogens is 1. The maximum absolute atomic E-state index is 13.7. The first kappa shape index (κ1) is 21.6. The molecule has 0 aliphatic heterocycles. The summed E-state index contributed by atoms with van der Waals surface area (Å²) in [5.41, 5.74) is 3.21. The molecule has 2 saturated carbocycles. The first-order valence-electron chi connectivity index (χ1n) is 11.7. The van der Waals surface area contributed by atoms with Crippen LogP contribution in [0.5, 0.6) is 5.88 Å². The molecular formula is C28H29FN2O2. The van der Waals surface area contributed by atoms with Gasteiger partial charge >= 0.3 is 0 Å². The van der Waals surface area contributed by atoms with Crippen molar-refractivity contribution in [3.05, 3.63) is 83.8 Å². The van der Waals surface area contributed by atoms with Crippen LogP contribution >= 0.6 is 0 Å². The maximum atomic E-state index is 13.7. The molecule has 170 valence electrons. The van der Waals surface area contributed by atoms with Crippen LogP contribution in [0.15, 0.2) is 66.9 Å². The largest absolute Gasteiger partial charge is 0.475 e. The number of halogens is 1. The third-order valence-electron chi connectivity index (χ3n) is 7.34. The predicted molar refractivity (Wildman–Crippen MR) is 126 cm³/mol. The highest BCUT2D eigenvalue weighted by molar-refractivity contribution is 6.01. The van der Waals surface area contributed by atoms with Crippen LogP contribution in [0.3, 0.4) is 0 Å². The molecule has 3 unspecified atom stereocenters. The van der Waals surface area contributed by atoms with E-state index in [1.165, 1.54) is 18.6 Å². The van der Waals surface area contributed by atoms with E-state index in [0.717, 1.165) is 35.7 Å². The Kier molecular flexibility index (Phi) is 5.65. The van der Waals surface area contributed by atoms with Crippen LogP contribution in [0.25, 0.3) is 11.1 Å². The lowest BCUT2D eigenvalue weighted by Crippen LogP contribution is -2.64. The Morgan fingerprint density at radius 2 is 1.97 bits per heavy atom. The molecule has 0 spiro atoms. The van der Waals surface area contributed by atoms with Crippen molar-refractivity contribution >= 4 is 5.91 Å². The second-order valence-electron chi connectivity index (χ2n) is 9.65. The van der Waals surface area contributed by atoms with Gasteiger partial charge in [-0.05, 0) is 67.2 Å². The summed E-state index contributed by atoms with van der Waals surface area (Å²) < 4.78 is 19.2. The van der Waals surface area contributed by atoms with Gasteiger partial charge in [-0.2, -0.15) is 0 Å². The van der Waals surface area contributed by atoms with Gasteiger partial charge in [-0.15, -0.1) is 0 Å². The smallest absolute Gasteiger partial charge is 0.252 e. The molecule has 0 saturated heterocycles. The molecule has 1 heterocycles. The topological polar surface area (TPSA) is 51.2 Å². The Morgan fingerprint density at radius 1 is 1.18 bits per heavy atom. The van der Waals surface area contributed by atoms with Crippen LogP contribution in [-0.2, 0) is 0 Å². The van der Waals surface area contributed by atoms with E-state index in [4.69, 9.17) is 4.74 Å². The molecule has 2 aliphatic carbocycles. The molecule has 2 aromatic carbocycles. The zero-order chi connectivity index (χ0) is 23.0. The predicted octanol–water partition coefficient (Wildman–Crippen LogP) is 5.81. The van der Waals surface area contributed by atoms with E-state index in [0.29, 0.717) is 35.8 Å². The molecule has 2 fully saturated rings. The van der Waals surface area contributed by atoms with Crippen molar-refractivity contribution in [3.63, 3.8) is 0 Å². The fraction of sp³-hybridized carbons (Fsp3) is 0.357. The monoisotopic (exact) mass is 444 g/mol. The highest BCUT2D eigenvalue weighted by Gasteiger charge is 2.57. The number of carbonyl (C=O) groups is 1. The second-order valence-corrected chi connectivity index (χ2v) is 9.65. The van der Waals surface area contributed by atoms with Crippen molar-refractivity contribution in [1.82, 2.24) is 10.3 Å². The molecule has 4 atom stereocenters.